The third-order valence-corrected chi connectivity index (χ3v) is 6.97. The number of benzene rings is 3. The zero-order valence-electron chi connectivity index (χ0n) is 17.4. The van der Waals surface area contributed by atoms with Crippen molar-refractivity contribution in [3.8, 4) is 5.75 Å². The summed E-state index contributed by atoms with van der Waals surface area (Å²) in [5, 5.41) is 11.3. The first-order valence-corrected chi connectivity index (χ1v) is 11.7. The molecule has 1 aromatic heterocycles. The Labute approximate surface area is 201 Å². The maximum absolute atomic E-state index is 13.7. The van der Waals surface area contributed by atoms with E-state index in [0.717, 1.165) is 9.17 Å². The Morgan fingerprint density at radius 1 is 1.09 bits per heavy atom. The summed E-state index contributed by atoms with van der Waals surface area (Å²) in [4.78, 5) is 32.9. The smallest absolute Gasteiger partial charge is 0.296 e. The molecular formula is C25H17BrN2O4S. The topological polar surface area (TPSA) is 79.7 Å². The molecule has 164 valence electrons. The zero-order chi connectivity index (χ0) is 23.1. The molecule has 0 bridgehead atoms. The maximum atomic E-state index is 13.7. The van der Waals surface area contributed by atoms with Crippen molar-refractivity contribution >= 4 is 59.9 Å². The normalized spacial score (nSPS) is 16.0. The molecule has 1 atom stereocenters. The number of aliphatic hydroxyl groups excluding tert-OH is 1. The van der Waals surface area contributed by atoms with Crippen LogP contribution in [0.25, 0.3) is 15.8 Å². The first kappa shape index (κ1) is 21.4. The van der Waals surface area contributed by atoms with Crippen LogP contribution in [0.1, 0.15) is 15.9 Å². The Kier molecular flexibility index (Phi) is 5.47. The molecule has 0 radical (unpaired) electrons. The summed E-state index contributed by atoms with van der Waals surface area (Å²) in [6.45, 7) is 0. The molecule has 5 rings (SSSR count). The van der Waals surface area contributed by atoms with Gasteiger partial charge in [0.05, 0.1) is 17.3 Å². The average molecular weight is 521 g/mol. The van der Waals surface area contributed by atoms with Crippen LogP contribution in [0.4, 0.5) is 5.13 Å². The number of carbonyl (C=O) groups excluding carboxylic acids is 2. The Morgan fingerprint density at radius 2 is 1.82 bits per heavy atom. The Balaban J connectivity index is 1.67. The van der Waals surface area contributed by atoms with Crippen LogP contribution in [0.5, 0.6) is 5.75 Å². The molecule has 0 fully saturated rings. The first-order chi connectivity index (χ1) is 16.0. The molecule has 0 saturated carbocycles. The van der Waals surface area contributed by atoms with Crippen LogP contribution in [-0.2, 0) is 4.79 Å². The van der Waals surface area contributed by atoms with Crippen LogP contribution in [0, 0.1) is 0 Å². The summed E-state index contributed by atoms with van der Waals surface area (Å²) in [5.41, 5.74) is 1.94. The number of anilines is 1. The van der Waals surface area contributed by atoms with Crippen LogP contribution < -0.4 is 9.64 Å². The van der Waals surface area contributed by atoms with Crippen molar-refractivity contribution in [1.29, 1.82) is 0 Å². The van der Waals surface area contributed by atoms with Gasteiger partial charge in [0.1, 0.15) is 11.8 Å². The van der Waals surface area contributed by atoms with Gasteiger partial charge in [0.25, 0.3) is 5.91 Å². The van der Waals surface area contributed by atoms with E-state index in [2.05, 4.69) is 20.9 Å². The molecule has 1 unspecified atom stereocenters. The lowest BCUT2D eigenvalue weighted by atomic mass is 9.93. The SMILES string of the molecule is COc1ccc(C2=C(O)C(=O)N(c3nc4ccc(Br)cc4s3)C2C(=O)c2ccccc2)cc1. The summed E-state index contributed by atoms with van der Waals surface area (Å²) < 4.78 is 6.96. The van der Waals surface area contributed by atoms with Crippen LogP contribution in [0.15, 0.2) is 83.0 Å². The minimum atomic E-state index is -1.06. The largest absolute Gasteiger partial charge is 0.503 e. The predicted octanol–water partition coefficient (Wildman–Crippen LogP) is 5.63. The van der Waals surface area contributed by atoms with Crippen LogP contribution >= 0.6 is 27.3 Å². The first-order valence-electron chi connectivity index (χ1n) is 10.0. The van der Waals surface area contributed by atoms with Crippen molar-refractivity contribution in [3.63, 3.8) is 0 Å². The third-order valence-electron chi connectivity index (χ3n) is 5.46. The fourth-order valence-electron chi connectivity index (χ4n) is 3.87. The van der Waals surface area contributed by atoms with E-state index in [1.165, 1.54) is 16.2 Å². The number of Topliss-reactive ketones (excluding diaryl/α,β-unsaturated/α-hetero) is 1. The summed E-state index contributed by atoms with van der Waals surface area (Å²) in [6, 6.07) is 20.2. The van der Waals surface area contributed by atoms with E-state index in [4.69, 9.17) is 4.74 Å². The molecule has 2 heterocycles. The number of hydrogen-bond acceptors (Lipinski definition) is 6. The fourth-order valence-corrected chi connectivity index (χ4v) is 5.41. The van der Waals surface area contributed by atoms with Gasteiger partial charge in [-0.2, -0.15) is 0 Å². The van der Waals surface area contributed by atoms with Crippen molar-refractivity contribution in [2.24, 2.45) is 0 Å². The number of hydrogen-bond donors (Lipinski definition) is 1. The molecule has 33 heavy (non-hydrogen) atoms. The van der Waals surface area contributed by atoms with Gasteiger partial charge in [-0.3, -0.25) is 14.5 Å². The van der Waals surface area contributed by atoms with E-state index in [1.54, 1.807) is 55.6 Å². The van der Waals surface area contributed by atoms with E-state index in [-0.39, 0.29) is 11.4 Å². The number of aliphatic hydroxyl groups is 1. The number of ketones is 1. The number of halogens is 1. The molecule has 4 aromatic rings. The molecule has 0 saturated heterocycles. The van der Waals surface area contributed by atoms with E-state index < -0.39 is 17.7 Å². The Bertz CT molecular complexity index is 1410. The molecule has 6 nitrogen and oxygen atoms in total. The number of aromatic nitrogens is 1. The summed E-state index contributed by atoms with van der Waals surface area (Å²) in [5.74, 6) is -0.801. The molecule has 1 aliphatic heterocycles. The van der Waals surface area contributed by atoms with Gasteiger partial charge in [-0.05, 0) is 35.9 Å². The zero-order valence-corrected chi connectivity index (χ0v) is 19.8. The van der Waals surface area contributed by atoms with Gasteiger partial charge in [0.2, 0.25) is 0 Å². The molecule has 1 aliphatic rings. The number of ether oxygens (including phenoxy) is 1. The highest BCUT2D eigenvalue weighted by Crippen LogP contribution is 2.41. The van der Waals surface area contributed by atoms with Gasteiger partial charge in [0.15, 0.2) is 16.7 Å². The van der Waals surface area contributed by atoms with E-state index in [1.807, 2.05) is 24.3 Å². The lowest BCUT2D eigenvalue weighted by Crippen LogP contribution is -2.41. The standard InChI is InChI=1S/C25H17BrN2O4S/c1-32-17-10-7-14(8-11-17)20-21(22(29)15-5-3-2-4-6-15)28(24(31)23(20)30)25-27-18-12-9-16(26)13-19(18)33-25/h2-13,21,30H,1H3. The molecule has 1 amide bonds. The predicted molar refractivity (Wildman–Crippen MR) is 132 cm³/mol. The third kappa shape index (κ3) is 3.71. The number of rotatable bonds is 5. The number of carbonyl (C=O) groups is 2. The van der Waals surface area contributed by atoms with E-state index in [0.29, 0.717) is 27.5 Å². The summed E-state index contributed by atoms with van der Waals surface area (Å²) in [7, 11) is 1.56. The van der Waals surface area contributed by atoms with Crippen molar-refractivity contribution in [3.05, 3.63) is 94.2 Å². The van der Waals surface area contributed by atoms with Gasteiger partial charge >= 0.3 is 0 Å². The van der Waals surface area contributed by atoms with E-state index in [9.17, 15) is 14.7 Å². The number of nitrogens with zero attached hydrogens (tertiary/aromatic N) is 2. The highest BCUT2D eigenvalue weighted by Gasteiger charge is 2.46. The maximum Gasteiger partial charge on any atom is 0.296 e. The summed E-state index contributed by atoms with van der Waals surface area (Å²) in [6.07, 6.45) is 0. The van der Waals surface area contributed by atoms with Gasteiger partial charge in [0, 0.05) is 15.6 Å². The van der Waals surface area contributed by atoms with Crippen LogP contribution in [-0.4, -0.2) is 34.9 Å². The average Bonchev–Trinajstić information content (AvgIpc) is 3.37. The van der Waals surface area contributed by atoms with Gasteiger partial charge in [-0.15, -0.1) is 0 Å². The number of fused-ring (bicyclic) bond motifs is 1. The highest BCUT2D eigenvalue weighted by molar-refractivity contribution is 9.10. The number of thiazole rings is 1. The summed E-state index contributed by atoms with van der Waals surface area (Å²) >= 11 is 4.74. The molecule has 8 heteroatoms. The highest BCUT2D eigenvalue weighted by atomic mass is 79.9. The fraction of sp³-hybridized carbons (Fsp3) is 0.0800. The molecule has 0 aliphatic carbocycles. The Hall–Kier alpha value is -3.49. The van der Waals surface area contributed by atoms with Gasteiger partial charge in [-0.25, -0.2) is 4.98 Å². The monoisotopic (exact) mass is 520 g/mol. The van der Waals surface area contributed by atoms with E-state index >= 15 is 0 Å². The lowest BCUT2D eigenvalue weighted by Gasteiger charge is -2.23. The molecule has 1 N–H and O–H groups in total. The van der Waals surface area contributed by atoms with Crippen molar-refractivity contribution in [1.82, 2.24) is 4.98 Å². The second-order valence-corrected chi connectivity index (χ2v) is 9.33. The lowest BCUT2D eigenvalue weighted by molar-refractivity contribution is -0.116. The molecule has 3 aromatic carbocycles. The second kappa shape index (κ2) is 8.46. The molecular weight excluding hydrogens is 504 g/mol. The van der Waals surface area contributed by atoms with Crippen molar-refractivity contribution in [2.75, 3.05) is 12.0 Å². The minimum Gasteiger partial charge on any atom is -0.503 e. The van der Waals surface area contributed by atoms with Crippen molar-refractivity contribution in [2.45, 2.75) is 6.04 Å². The van der Waals surface area contributed by atoms with Gasteiger partial charge < -0.3 is 9.84 Å². The van der Waals surface area contributed by atoms with Crippen molar-refractivity contribution < 1.29 is 19.4 Å². The minimum absolute atomic E-state index is 0.247. The number of methoxy groups -OCH3 is 1. The van der Waals surface area contributed by atoms with Gasteiger partial charge in [-0.1, -0.05) is 69.7 Å². The van der Waals surface area contributed by atoms with Crippen LogP contribution in [0.3, 0.4) is 0 Å². The quantitative estimate of drug-likeness (QED) is 0.344. The van der Waals surface area contributed by atoms with Crippen LogP contribution in [0.2, 0.25) is 0 Å². The Morgan fingerprint density at radius 3 is 2.52 bits per heavy atom. The second-order valence-electron chi connectivity index (χ2n) is 7.41. The molecule has 0 spiro atoms. The number of amides is 1.